The van der Waals surface area contributed by atoms with Crippen molar-refractivity contribution < 1.29 is 14.4 Å². The van der Waals surface area contributed by atoms with Crippen LogP contribution in [0.5, 0.6) is 0 Å². The maximum absolute atomic E-state index is 11.6. The summed E-state index contributed by atoms with van der Waals surface area (Å²) in [5.41, 5.74) is 0. The first-order chi connectivity index (χ1) is 9.56. The molecule has 7 nitrogen and oxygen atoms in total. The Hall–Kier alpha value is -1.63. The van der Waals surface area contributed by atoms with Gasteiger partial charge in [0.05, 0.1) is 0 Å². The van der Waals surface area contributed by atoms with E-state index in [1.165, 1.54) is 9.80 Å². The molecule has 1 aliphatic heterocycles. The molecule has 0 atom stereocenters. The van der Waals surface area contributed by atoms with Crippen molar-refractivity contribution in [3.63, 3.8) is 0 Å². The zero-order chi connectivity index (χ0) is 15.0. The fraction of sp³-hybridized carbons (Fsp3) is 0.769. The highest BCUT2D eigenvalue weighted by molar-refractivity contribution is 6.01. The highest BCUT2D eigenvalue weighted by Crippen LogP contribution is 2.08. The van der Waals surface area contributed by atoms with Crippen LogP contribution in [-0.4, -0.2) is 67.4 Å². The van der Waals surface area contributed by atoms with Crippen LogP contribution in [0.15, 0.2) is 0 Å². The molecular weight excluding hydrogens is 260 g/mol. The molecule has 0 aromatic heterocycles. The van der Waals surface area contributed by atoms with E-state index in [9.17, 15) is 14.4 Å². The van der Waals surface area contributed by atoms with Crippen molar-refractivity contribution in [3.05, 3.63) is 0 Å². The summed E-state index contributed by atoms with van der Waals surface area (Å²) in [6.07, 6.45) is 1.90. The summed E-state index contributed by atoms with van der Waals surface area (Å²) in [5.74, 6) is -0.238. The SMILES string of the molecule is CCCNCCNC(=O)CCCN1C(=O)CN(C)C1=O. The van der Waals surface area contributed by atoms with Crippen LogP contribution in [0.4, 0.5) is 4.79 Å². The number of nitrogens with one attached hydrogen (secondary N) is 2. The van der Waals surface area contributed by atoms with E-state index in [1.807, 2.05) is 0 Å². The van der Waals surface area contributed by atoms with E-state index in [2.05, 4.69) is 17.6 Å². The Bertz CT molecular complexity index is 360. The molecule has 0 radical (unpaired) electrons. The van der Waals surface area contributed by atoms with Crippen molar-refractivity contribution in [3.8, 4) is 0 Å². The van der Waals surface area contributed by atoms with Gasteiger partial charge in [-0.2, -0.15) is 0 Å². The van der Waals surface area contributed by atoms with E-state index in [4.69, 9.17) is 0 Å². The molecule has 1 saturated heterocycles. The molecule has 0 aliphatic carbocycles. The highest BCUT2D eigenvalue weighted by Gasteiger charge is 2.32. The first-order valence-electron chi connectivity index (χ1n) is 7.09. The van der Waals surface area contributed by atoms with Crippen molar-refractivity contribution in [1.82, 2.24) is 20.4 Å². The van der Waals surface area contributed by atoms with Crippen molar-refractivity contribution in [2.45, 2.75) is 26.2 Å². The minimum Gasteiger partial charge on any atom is -0.355 e. The minimum absolute atomic E-state index is 0.0456. The molecule has 0 bridgehead atoms. The van der Waals surface area contributed by atoms with Crippen LogP contribution in [-0.2, 0) is 9.59 Å². The van der Waals surface area contributed by atoms with Gasteiger partial charge in [-0.1, -0.05) is 6.92 Å². The number of imide groups is 1. The van der Waals surface area contributed by atoms with Gasteiger partial charge in [0, 0.05) is 33.1 Å². The Morgan fingerprint density at radius 2 is 2.00 bits per heavy atom. The lowest BCUT2D eigenvalue weighted by Gasteiger charge is -2.13. The average molecular weight is 284 g/mol. The van der Waals surface area contributed by atoms with Gasteiger partial charge in [0.25, 0.3) is 0 Å². The number of hydrogen-bond donors (Lipinski definition) is 2. The third-order valence-electron chi connectivity index (χ3n) is 3.07. The van der Waals surface area contributed by atoms with E-state index in [0.29, 0.717) is 25.9 Å². The standard InChI is InChI=1S/C13H24N4O3/c1-3-6-14-7-8-15-11(18)5-4-9-17-12(19)10-16(2)13(17)20/h14H,3-10H2,1-2H3,(H,15,18). The van der Waals surface area contributed by atoms with E-state index >= 15 is 0 Å². The number of hydrogen-bond acceptors (Lipinski definition) is 4. The molecule has 1 fully saturated rings. The Morgan fingerprint density at radius 3 is 2.60 bits per heavy atom. The summed E-state index contributed by atoms with van der Waals surface area (Å²) in [6.45, 7) is 4.83. The normalized spacial score (nSPS) is 15.1. The van der Waals surface area contributed by atoms with Gasteiger partial charge in [-0.25, -0.2) is 4.79 Å². The molecule has 20 heavy (non-hydrogen) atoms. The van der Waals surface area contributed by atoms with Crippen LogP contribution in [0.3, 0.4) is 0 Å². The summed E-state index contributed by atoms with van der Waals surface area (Å²) in [4.78, 5) is 37.2. The van der Waals surface area contributed by atoms with Crippen LogP contribution in [0.25, 0.3) is 0 Å². The topological polar surface area (TPSA) is 81.8 Å². The second-order valence-electron chi connectivity index (χ2n) is 4.89. The third-order valence-corrected chi connectivity index (χ3v) is 3.07. The quantitative estimate of drug-likeness (QED) is 0.453. The van der Waals surface area contributed by atoms with Crippen LogP contribution >= 0.6 is 0 Å². The van der Waals surface area contributed by atoms with E-state index in [0.717, 1.165) is 19.5 Å². The first kappa shape index (κ1) is 16.4. The van der Waals surface area contributed by atoms with Gasteiger partial charge >= 0.3 is 6.03 Å². The molecule has 0 spiro atoms. The lowest BCUT2D eigenvalue weighted by molar-refractivity contribution is -0.126. The van der Waals surface area contributed by atoms with Gasteiger partial charge in [-0.3, -0.25) is 14.5 Å². The molecule has 1 heterocycles. The molecule has 1 rings (SSSR count). The van der Waals surface area contributed by atoms with Gasteiger partial charge in [-0.05, 0) is 19.4 Å². The number of amides is 4. The lowest BCUT2D eigenvalue weighted by Crippen LogP contribution is -2.34. The van der Waals surface area contributed by atoms with Gasteiger partial charge in [0.2, 0.25) is 11.8 Å². The Morgan fingerprint density at radius 1 is 1.25 bits per heavy atom. The molecule has 0 aromatic rings. The van der Waals surface area contributed by atoms with Gasteiger partial charge in [0.15, 0.2) is 0 Å². The van der Waals surface area contributed by atoms with Crippen LogP contribution < -0.4 is 10.6 Å². The lowest BCUT2D eigenvalue weighted by atomic mass is 10.3. The number of urea groups is 1. The predicted molar refractivity (Wildman–Crippen MR) is 75.1 cm³/mol. The first-order valence-corrected chi connectivity index (χ1v) is 7.09. The Balaban J connectivity index is 2.10. The van der Waals surface area contributed by atoms with E-state index < -0.39 is 0 Å². The number of carbonyl (C=O) groups excluding carboxylic acids is 3. The highest BCUT2D eigenvalue weighted by atomic mass is 16.2. The monoisotopic (exact) mass is 284 g/mol. The summed E-state index contributed by atoms with van der Waals surface area (Å²) < 4.78 is 0. The maximum atomic E-state index is 11.6. The predicted octanol–water partition coefficient (Wildman–Crippen LogP) is -0.224. The van der Waals surface area contributed by atoms with Crippen molar-refractivity contribution in [1.29, 1.82) is 0 Å². The average Bonchev–Trinajstić information content (AvgIpc) is 2.65. The van der Waals surface area contributed by atoms with Crippen LogP contribution in [0, 0.1) is 0 Å². The summed E-state index contributed by atoms with van der Waals surface area (Å²) >= 11 is 0. The van der Waals surface area contributed by atoms with Crippen molar-refractivity contribution in [2.75, 3.05) is 39.8 Å². The summed E-state index contributed by atoms with van der Waals surface area (Å²) in [7, 11) is 1.59. The van der Waals surface area contributed by atoms with Crippen LogP contribution in [0.2, 0.25) is 0 Å². The molecule has 1 aliphatic rings. The zero-order valence-electron chi connectivity index (χ0n) is 12.3. The number of nitrogens with zero attached hydrogens (tertiary/aromatic N) is 2. The summed E-state index contributed by atoms with van der Waals surface area (Å²) in [5, 5.41) is 5.99. The second-order valence-corrected chi connectivity index (χ2v) is 4.89. The Kier molecular flexibility index (Phi) is 7.00. The largest absolute Gasteiger partial charge is 0.355 e. The molecule has 0 saturated carbocycles. The Labute approximate surface area is 119 Å². The molecule has 114 valence electrons. The van der Waals surface area contributed by atoms with Crippen molar-refractivity contribution in [2.24, 2.45) is 0 Å². The molecule has 2 N–H and O–H groups in total. The van der Waals surface area contributed by atoms with E-state index in [1.54, 1.807) is 7.05 Å². The number of likely N-dealkylation sites (N-methyl/N-ethyl adjacent to an activating group) is 1. The number of rotatable bonds is 9. The molecule has 7 heteroatoms. The van der Waals surface area contributed by atoms with E-state index in [-0.39, 0.29) is 24.4 Å². The van der Waals surface area contributed by atoms with Gasteiger partial charge < -0.3 is 15.5 Å². The van der Waals surface area contributed by atoms with Crippen molar-refractivity contribution >= 4 is 17.8 Å². The molecule has 4 amide bonds. The smallest absolute Gasteiger partial charge is 0.326 e. The third kappa shape index (κ3) is 5.16. The van der Waals surface area contributed by atoms with Crippen LogP contribution in [0.1, 0.15) is 26.2 Å². The fourth-order valence-electron chi connectivity index (χ4n) is 1.97. The zero-order valence-corrected chi connectivity index (χ0v) is 12.3. The molecular formula is C13H24N4O3. The maximum Gasteiger partial charge on any atom is 0.326 e. The molecule has 0 aromatic carbocycles. The van der Waals surface area contributed by atoms with Gasteiger partial charge in [0.1, 0.15) is 6.54 Å². The van der Waals surface area contributed by atoms with Gasteiger partial charge in [-0.15, -0.1) is 0 Å². The minimum atomic E-state index is -0.279. The molecule has 0 unspecified atom stereocenters. The second kappa shape index (κ2) is 8.52. The fourth-order valence-corrected chi connectivity index (χ4v) is 1.97. The number of carbonyl (C=O) groups is 3. The summed E-state index contributed by atoms with van der Waals surface area (Å²) in [6, 6.07) is -0.279.